The number of rotatable bonds is 6. The van der Waals surface area contributed by atoms with Crippen molar-refractivity contribution in [3.63, 3.8) is 0 Å². The normalized spacial score (nSPS) is 17.1. The number of benzene rings is 2. The highest BCUT2D eigenvalue weighted by molar-refractivity contribution is 5.86. The second-order valence-electron chi connectivity index (χ2n) is 10.00. The maximum absolute atomic E-state index is 14.4. The first kappa shape index (κ1) is 24.4. The predicted molar refractivity (Wildman–Crippen MR) is 143 cm³/mol. The number of aromatic nitrogens is 2. The SMILES string of the molecule is Nc1ccc(N2CCC[C@H](N(Cc3ccccc3)Cc3cn4c5c(c(F)c(F)cc5c3=O)OCC4)C2)cn1. The minimum Gasteiger partial charge on any atom is -0.486 e. The smallest absolute Gasteiger partial charge is 0.202 e. The van der Waals surface area contributed by atoms with Crippen LogP contribution in [0.2, 0.25) is 0 Å². The maximum Gasteiger partial charge on any atom is 0.202 e. The number of nitrogens with two attached hydrogens (primary N) is 1. The number of anilines is 2. The van der Waals surface area contributed by atoms with Crippen LogP contribution < -0.4 is 20.8 Å². The van der Waals surface area contributed by atoms with Gasteiger partial charge in [-0.1, -0.05) is 30.3 Å². The summed E-state index contributed by atoms with van der Waals surface area (Å²) < 4.78 is 36.1. The van der Waals surface area contributed by atoms with Gasteiger partial charge in [0.05, 0.1) is 29.3 Å². The molecule has 0 amide bonds. The highest BCUT2D eigenvalue weighted by atomic mass is 19.2. The first-order valence-electron chi connectivity index (χ1n) is 12.9. The number of nitrogen functional groups attached to an aromatic ring is 1. The number of pyridine rings is 2. The van der Waals surface area contributed by atoms with Crippen LogP contribution in [0.3, 0.4) is 0 Å². The lowest BCUT2D eigenvalue weighted by molar-refractivity contribution is 0.158. The van der Waals surface area contributed by atoms with E-state index in [0.717, 1.165) is 43.2 Å². The fourth-order valence-corrected chi connectivity index (χ4v) is 5.63. The Bertz CT molecular complexity index is 1520. The van der Waals surface area contributed by atoms with E-state index in [-0.39, 0.29) is 29.2 Å². The molecule has 0 radical (unpaired) electrons. The van der Waals surface area contributed by atoms with Gasteiger partial charge >= 0.3 is 0 Å². The summed E-state index contributed by atoms with van der Waals surface area (Å²) >= 11 is 0. The van der Waals surface area contributed by atoms with E-state index in [4.69, 9.17) is 10.5 Å². The molecule has 196 valence electrons. The van der Waals surface area contributed by atoms with Crippen molar-refractivity contribution in [1.29, 1.82) is 0 Å². The molecule has 7 nitrogen and oxygen atoms in total. The number of hydrogen-bond acceptors (Lipinski definition) is 6. The summed E-state index contributed by atoms with van der Waals surface area (Å²) in [5.41, 5.74) is 8.53. The van der Waals surface area contributed by atoms with Gasteiger partial charge in [0.2, 0.25) is 5.82 Å². The minimum absolute atomic E-state index is 0.147. The zero-order valence-electron chi connectivity index (χ0n) is 20.9. The van der Waals surface area contributed by atoms with Gasteiger partial charge in [0.1, 0.15) is 12.4 Å². The van der Waals surface area contributed by atoms with E-state index in [0.29, 0.717) is 36.5 Å². The molecule has 0 bridgehead atoms. The van der Waals surface area contributed by atoms with E-state index >= 15 is 0 Å². The average Bonchev–Trinajstić information content (AvgIpc) is 2.94. The van der Waals surface area contributed by atoms with Crippen LogP contribution >= 0.6 is 0 Å². The molecule has 0 saturated carbocycles. The molecule has 2 aromatic carbocycles. The molecule has 2 aromatic heterocycles. The first-order valence-corrected chi connectivity index (χ1v) is 12.9. The first-order chi connectivity index (χ1) is 18.5. The molecule has 4 heterocycles. The molecule has 1 fully saturated rings. The van der Waals surface area contributed by atoms with Crippen LogP contribution in [0.4, 0.5) is 20.3 Å². The molecular formula is C29H29F2N5O2. The Labute approximate surface area is 219 Å². The van der Waals surface area contributed by atoms with Gasteiger partial charge in [-0.2, -0.15) is 4.39 Å². The molecule has 38 heavy (non-hydrogen) atoms. The topological polar surface area (TPSA) is 76.6 Å². The van der Waals surface area contributed by atoms with Crippen LogP contribution in [-0.4, -0.2) is 40.2 Å². The van der Waals surface area contributed by atoms with Gasteiger partial charge in [0, 0.05) is 44.0 Å². The molecule has 2 aliphatic heterocycles. The predicted octanol–water partition coefficient (Wildman–Crippen LogP) is 4.32. The van der Waals surface area contributed by atoms with Crippen molar-refractivity contribution in [2.75, 3.05) is 30.3 Å². The largest absolute Gasteiger partial charge is 0.486 e. The van der Waals surface area contributed by atoms with Crippen molar-refractivity contribution in [2.45, 2.75) is 38.5 Å². The third kappa shape index (κ3) is 4.58. The summed E-state index contributed by atoms with van der Waals surface area (Å²) in [5, 5.41) is 0.147. The van der Waals surface area contributed by atoms with Gasteiger partial charge in [-0.15, -0.1) is 0 Å². The second-order valence-corrected chi connectivity index (χ2v) is 10.00. The Morgan fingerprint density at radius 3 is 2.74 bits per heavy atom. The van der Waals surface area contributed by atoms with E-state index in [1.54, 1.807) is 12.4 Å². The molecule has 9 heteroatoms. The van der Waals surface area contributed by atoms with Crippen LogP contribution in [0, 0.1) is 11.6 Å². The van der Waals surface area contributed by atoms with Crippen molar-refractivity contribution in [3.05, 3.63) is 93.9 Å². The maximum atomic E-state index is 14.4. The van der Waals surface area contributed by atoms with E-state index in [9.17, 15) is 13.6 Å². The van der Waals surface area contributed by atoms with Gasteiger partial charge in [0.25, 0.3) is 0 Å². The number of ether oxygens (including phenoxy) is 1. The van der Waals surface area contributed by atoms with Gasteiger partial charge in [-0.05, 0) is 36.6 Å². The molecule has 2 N–H and O–H groups in total. The summed E-state index contributed by atoms with van der Waals surface area (Å²) in [7, 11) is 0. The van der Waals surface area contributed by atoms with Crippen LogP contribution in [0.25, 0.3) is 10.9 Å². The van der Waals surface area contributed by atoms with Crippen molar-refractivity contribution in [1.82, 2.24) is 14.5 Å². The zero-order valence-corrected chi connectivity index (χ0v) is 20.9. The van der Waals surface area contributed by atoms with Crippen LogP contribution in [0.1, 0.15) is 24.0 Å². The monoisotopic (exact) mass is 517 g/mol. The van der Waals surface area contributed by atoms with Crippen molar-refractivity contribution in [3.8, 4) is 5.75 Å². The van der Waals surface area contributed by atoms with Crippen LogP contribution in [0.15, 0.2) is 65.7 Å². The van der Waals surface area contributed by atoms with E-state index < -0.39 is 11.6 Å². The lowest BCUT2D eigenvalue weighted by atomic mass is 10.0. The zero-order chi connectivity index (χ0) is 26.2. The molecule has 2 aliphatic rings. The Morgan fingerprint density at radius 2 is 1.95 bits per heavy atom. The highest BCUT2D eigenvalue weighted by Crippen LogP contribution is 2.33. The summed E-state index contributed by atoms with van der Waals surface area (Å²) in [6.45, 7) is 3.41. The quantitative estimate of drug-likeness (QED) is 0.411. The highest BCUT2D eigenvalue weighted by Gasteiger charge is 2.29. The van der Waals surface area contributed by atoms with Crippen LogP contribution in [0.5, 0.6) is 5.75 Å². The lowest BCUT2D eigenvalue weighted by Crippen LogP contribution is -2.48. The van der Waals surface area contributed by atoms with E-state index in [1.165, 1.54) is 0 Å². The number of hydrogen-bond donors (Lipinski definition) is 1. The third-order valence-corrected chi connectivity index (χ3v) is 7.51. The van der Waals surface area contributed by atoms with E-state index in [2.05, 4.69) is 26.9 Å². The van der Waals surface area contributed by atoms with Crippen molar-refractivity contribution in [2.24, 2.45) is 0 Å². The molecule has 1 saturated heterocycles. The molecule has 0 unspecified atom stereocenters. The number of nitrogens with zero attached hydrogens (tertiary/aromatic N) is 4. The Hall–Kier alpha value is -3.98. The summed E-state index contributed by atoms with van der Waals surface area (Å²) in [4.78, 5) is 22.5. The number of piperidine rings is 1. The van der Waals surface area contributed by atoms with Gasteiger partial charge < -0.3 is 19.9 Å². The Kier molecular flexibility index (Phi) is 6.45. The fraction of sp³-hybridized carbons (Fsp3) is 0.310. The van der Waals surface area contributed by atoms with Crippen molar-refractivity contribution < 1.29 is 13.5 Å². The fourth-order valence-electron chi connectivity index (χ4n) is 5.63. The number of halogens is 2. The molecular weight excluding hydrogens is 488 g/mol. The molecule has 4 aromatic rings. The second kappa shape index (κ2) is 10.1. The summed E-state index contributed by atoms with van der Waals surface area (Å²) in [5.74, 6) is -1.82. The van der Waals surface area contributed by atoms with Gasteiger partial charge in [-0.3, -0.25) is 9.69 Å². The van der Waals surface area contributed by atoms with Crippen molar-refractivity contribution >= 4 is 22.4 Å². The Balaban J connectivity index is 1.37. The molecule has 0 spiro atoms. The summed E-state index contributed by atoms with van der Waals surface area (Å²) in [6, 6.07) is 15.1. The third-order valence-electron chi connectivity index (χ3n) is 7.51. The molecule has 0 aliphatic carbocycles. The van der Waals surface area contributed by atoms with E-state index in [1.807, 2.05) is 34.9 Å². The standard InChI is InChI=1S/C29H29F2N5O2/c30-24-13-23-27-29(26(24)31)38-12-11-35(27)16-20(28(23)37)17-36(15-19-5-2-1-3-6-19)22-7-4-10-34(18-22)21-8-9-25(32)33-14-21/h1-3,5-6,8-9,13-14,16,22H,4,7,10-12,15,17-18H2,(H2,32,33)/t22-/m0/s1. The lowest BCUT2D eigenvalue weighted by Gasteiger charge is -2.40. The Morgan fingerprint density at radius 1 is 1.11 bits per heavy atom. The average molecular weight is 518 g/mol. The summed E-state index contributed by atoms with van der Waals surface area (Å²) in [6.07, 6.45) is 5.56. The molecule has 6 rings (SSSR count). The van der Waals surface area contributed by atoms with Crippen LogP contribution in [-0.2, 0) is 19.6 Å². The molecule has 1 atom stereocenters. The minimum atomic E-state index is -1.07. The van der Waals surface area contributed by atoms with Gasteiger partial charge in [0.15, 0.2) is 17.0 Å². The van der Waals surface area contributed by atoms with Gasteiger partial charge in [-0.25, -0.2) is 9.37 Å².